The average Bonchev–Trinajstić information content (AvgIpc) is 2.42. The topological polar surface area (TPSA) is 93.4 Å². The van der Waals surface area contributed by atoms with Gasteiger partial charge in [0.15, 0.2) is 0 Å². The first-order chi connectivity index (χ1) is 9.51. The summed E-state index contributed by atoms with van der Waals surface area (Å²) in [6.45, 7) is 1.69. The van der Waals surface area contributed by atoms with Crippen LogP contribution in [-0.4, -0.2) is 28.3 Å². The van der Waals surface area contributed by atoms with Crippen molar-refractivity contribution in [2.24, 2.45) is 0 Å². The summed E-state index contributed by atoms with van der Waals surface area (Å²) in [5.74, 6) is -0.992. The summed E-state index contributed by atoms with van der Waals surface area (Å²) in [7, 11) is 0. The maximum absolute atomic E-state index is 11.2. The first kappa shape index (κ1) is 14.4. The van der Waals surface area contributed by atoms with Crippen molar-refractivity contribution < 1.29 is 15.0 Å². The Labute approximate surface area is 117 Å². The van der Waals surface area contributed by atoms with Crippen molar-refractivity contribution >= 4 is 11.7 Å². The van der Waals surface area contributed by atoms with Gasteiger partial charge in [0.1, 0.15) is 6.07 Å². The minimum Gasteiger partial charge on any atom is -0.478 e. The highest BCUT2D eigenvalue weighted by molar-refractivity contribution is 5.91. The molecule has 1 saturated carbocycles. The van der Waals surface area contributed by atoms with Crippen molar-refractivity contribution in [3.05, 3.63) is 28.8 Å². The van der Waals surface area contributed by atoms with Gasteiger partial charge in [0.2, 0.25) is 0 Å². The van der Waals surface area contributed by atoms with E-state index < -0.39 is 5.97 Å². The number of nitrogens with zero attached hydrogens (tertiary/aromatic N) is 1. The second kappa shape index (κ2) is 5.93. The summed E-state index contributed by atoms with van der Waals surface area (Å²) in [6.07, 6.45) is 2.87. The molecule has 1 aromatic rings. The molecule has 0 amide bonds. The number of benzene rings is 1. The van der Waals surface area contributed by atoms with Gasteiger partial charge in [-0.25, -0.2) is 4.79 Å². The third-order valence-electron chi connectivity index (χ3n) is 3.77. The normalized spacial score (nSPS) is 22.1. The Hall–Kier alpha value is -2.06. The molecule has 1 aliphatic carbocycles. The zero-order valence-corrected chi connectivity index (χ0v) is 11.4. The fraction of sp³-hybridized carbons (Fsp3) is 0.467. The van der Waals surface area contributed by atoms with Gasteiger partial charge in [-0.15, -0.1) is 0 Å². The number of anilines is 1. The molecule has 0 aromatic heterocycles. The van der Waals surface area contributed by atoms with Crippen molar-refractivity contribution in [1.82, 2.24) is 0 Å². The predicted molar refractivity (Wildman–Crippen MR) is 74.7 cm³/mol. The number of nitriles is 1. The zero-order valence-electron chi connectivity index (χ0n) is 11.4. The molecule has 1 aromatic carbocycles. The Morgan fingerprint density at radius 1 is 1.35 bits per heavy atom. The molecule has 0 atom stereocenters. The van der Waals surface area contributed by atoms with Crippen LogP contribution in [0.15, 0.2) is 12.1 Å². The number of hydrogen-bond acceptors (Lipinski definition) is 4. The molecule has 0 bridgehead atoms. The maximum Gasteiger partial charge on any atom is 0.336 e. The number of aliphatic hydroxyl groups is 1. The highest BCUT2D eigenvalue weighted by Crippen LogP contribution is 2.26. The Morgan fingerprint density at radius 2 is 2.00 bits per heavy atom. The number of hydrogen-bond donors (Lipinski definition) is 3. The maximum atomic E-state index is 11.2. The van der Waals surface area contributed by atoms with E-state index in [1.54, 1.807) is 13.0 Å². The number of carbonyl (C=O) groups is 1. The van der Waals surface area contributed by atoms with E-state index >= 15 is 0 Å². The lowest BCUT2D eigenvalue weighted by Crippen LogP contribution is -2.28. The summed E-state index contributed by atoms with van der Waals surface area (Å²) in [5, 5.41) is 31.1. The Morgan fingerprint density at radius 3 is 2.55 bits per heavy atom. The number of aryl methyl sites for hydroxylation is 1. The number of rotatable bonds is 3. The summed E-state index contributed by atoms with van der Waals surface area (Å²) in [6, 6.07) is 5.40. The largest absolute Gasteiger partial charge is 0.478 e. The Kier molecular flexibility index (Phi) is 4.26. The van der Waals surface area contributed by atoms with Crippen LogP contribution >= 0.6 is 0 Å². The second-order valence-corrected chi connectivity index (χ2v) is 5.28. The highest BCUT2D eigenvalue weighted by atomic mass is 16.4. The molecule has 2 rings (SSSR count). The summed E-state index contributed by atoms with van der Waals surface area (Å²) < 4.78 is 0. The van der Waals surface area contributed by atoms with E-state index in [9.17, 15) is 9.90 Å². The van der Waals surface area contributed by atoms with E-state index in [1.165, 1.54) is 6.07 Å². The first-order valence-electron chi connectivity index (χ1n) is 6.74. The molecule has 20 heavy (non-hydrogen) atoms. The molecule has 0 spiro atoms. The van der Waals surface area contributed by atoms with Crippen molar-refractivity contribution in [2.45, 2.75) is 44.8 Å². The van der Waals surface area contributed by atoms with Crippen LogP contribution in [-0.2, 0) is 0 Å². The predicted octanol–water partition coefficient (Wildman–Crippen LogP) is 2.28. The summed E-state index contributed by atoms with van der Waals surface area (Å²) in [4.78, 5) is 11.2. The van der Waals surface area contributed by atoms with Crippen LogP contribution in [0.1, 0.15) is 47.2 Å². The Balaban J connectivity index is 2.24. The minimum absolute atomic E-state index is 0.176. The highest BCUT2D eigenvalue weighted by Gasteiger charge is 2.21. The minimum atomic E-state index is -0.992. The van der Waals surface area contributed by atoms with Crippen LogP contribution in [0.25, 0.3) is 0 Å². The molecule has 1 aliphatic rings. The van der Waals surface area contributed by atoms with Gasteiger partial charge >= 0.3 is 5.97 Å². The van der Waals surface area contributed by atoms with Gasteiger partial charge in [-0.1, -0.05) is 0 Å². The summed E-state index contributed by atoms with van der Waals surface area (Å²) >= 11 is 0. The molecular weight excluding hydrogens is 256 g/mol. The standard InChI is InChI=1S/C15H18N2O3/c1-9-6-10(8-16)14(7-13(9)15(19)20)17-11-2-4-12(18)5-3-11/h6-7,11-12,17-18H,2-5H2,1H3,(H,19,20). The molecule has 0 saturated heterocycles. The summed E-state index contributed by atoms with van der Waals surface area (Å²) in [5.41, 5.74) is 1.82. The molecule has 1 fully saturated rings. The number of nitrogens with one attached hydrogen (secondary N) is 1. The van der Waals surface area contributed by atoms with Crippen molar-refractivity contribution in [3.8, 4) is 6.07 Å². The van der Waals surface area contributed by atoms with Crippen LogP contribution in [0.2, 0.25) is 0 Å². The van der Waals surface area contributed by atoms with E-state index in [1.807, 2.05) is 0 Å². The molecule has 0 aliphatic heterocycles. The van der Waals surface area contributed by atoms with Crippen LogP contribution in [0, 0.1) is 18.3 Å². The monoisotopic (exact) mass is 274 g/mol. The molecular formula is C15H18N2O3. The van der Waals surface area contributed by atoms with Gasteiger partial charge in [-0.3, -0.25) is 0 Å². The second-order valence-electron chi connectivity index (χ2n) is 5.28. The molecule has 106 valence electrons. The van der Waals surface area contributed by atoms with Gasteiger partial charge < -0.3 is 15.5 Å². The lowest BCUT2D eigenvalue weighted by Gasteiger charge is -2.27. The van der Waals surface area contributed by atoms with Gasteiger partial charge in [0, 0.05) is 6.04 Å². The number of aliphatic hydroxyl groups excluding tert-OH is 1. The molecule has 0 radical (unpaired) electrons. The van der Waals surface area contributed by atoms with Crippen LogP contribution in [0.5, 0.6) is 0 Å². The van der Waals surface area contributed by atoms with Gasteiger partial charge in [0.05, 0.1) is 22.9 Å². The number of aromatic carboxylic acids is 1. The average molecular weight is 274 g/mol. The van der Waals surface area contributed by atoms with Crippen molar-refractivity contribution in [1.29, 1.82) is 5.26 Å². The van der Waals surface area contributed by atoms with Crippen molar-refractivity contribution in [2.75, 3.05) is 5.32 Å². The van der Waals surface area contributed by atoms with E-state index in [-0.39, 0.29) is 17.7 Å². The number of carboxylic acids is 1. The van der Waals surface area contributed by atoms with Gasteiger partial charge in [-0.2, -0.15) is 5.26 Å². The lowest BCUT2D eigenvalue weighted by atomic mass is 9.92. The van der Waals surface area contributed by atoms with E-state index in [0.717, 1.165) is 25.7 Å². The molecule has 0 unspecified atom stereocenters. The lowest BCUT2D eigenvalue weighted by molar-refractivity contribution is 0.0696. The Bertz CT molecular complexity index is 555. The third kappa shape index (κ3) is 3.09. The molecule has 5 heteroatoms. The fourth-order valence-electron chi connectivity index (χ4n) is 2.59. The number of carboxylic acid groups (broad SMARTS) is 1. The SMILES string of the molecule is Cc1cc(C#N)c(NC2CCC(O)CC2)cc1C(=O)O. The van der Waals surface area contributed by atoms with Crippen LogP contribution in [0.4, 0.5) is 5.69 Å². The third-order valence-corrected chi connectivity index (χ3v) is 3.77. The van der Waals surface area contributed by atoms with Crippen molar-refractivity contribution in [3.63, 3.8) is 0 Å². The fourth-order valence-corrected chi connectivity index (χ4v) is 2.59. The van der Waals surface area contributed by atoms with Crippen LogP contribution in [0.3, 0.4) is 0 Å². The van der Waals surface area contributed by atoms with E-state index in [2.05, 4.69) is 11.4 Å². The molecule has 3 N–H and O–H groups in total. The quantitative estimate of drug-likeness (QED) is 0.786. The zero-order chi connectivity index (χ0) is 14.7. The first-order valence-corrected chi connectivity index (χ1v) is 6.74. The van der Waals surface area contributed by atoms with Crippen LogP contribution < -0.4 is 5.32 Å². The molecule has 5 nitrogen and oxygen atoms in total. The van der Waals surface area contributed by atoms with E-state index in [4.69, 9.17) is 10.4 Å². The van der Waals surface area contributed by atoms with Gasteiger partial charge in [-0.05, 0) is 50.3 Å². The van der Waals surface area contributed by atoms with E-state index in [0.29, 0.717) is 16.8 Å². The van der Waals surface area contributed by atoms with Gasteiger partial charge in [0.25, 0.3) is 0 Å². The molecule has 0 heterocycles. The smallest absolute Gasteiger partial charge is 0.336 e.